The number of ether oxygens (including phenoxy) is 1. The van der Waals surface area contributed by atoms with Gasteiger partial charge in [0.15, 0.2) is 0 Å². The van der Waals surface area contributed by atoms with Crippen molar-refractivity contribution in [1.82, 2.24) is 0 Å². The van der Waals surface area contributed by atoms with Crippen molar-refractivity contribution in [3.05, 3.63) is 71.3 Å². The Morgan fingerprint density at radius 1 is 1.00 bits per heavy atom. The molecule has 2 aromatic rings. The Kier molecular flexibility index (Phi) is 2.45. The SMILES string of the molecule is COc1ccc2c(c1)C(c1ccccc1)C=C2. The van der Waals surface area contributed by atoms with Gasteiger partial charge in [0.25, 0.3) is 0 Å². The molecule has 84 valence electrons. The number of benzene rings is 2. The van der Waals surface area contributed by atoms with E-state index >= 15 is 0 Å². The van der Waals surface area contributed by atoms with Crippen LogP contribution in [0.3, 0.4) is 0 Å². The number of rotatable bonds is 2. The quantitative estimate of drug-likeness (QED) is 0.749. The van der Waals surface area contributed by atoms with E-state index in [2.05, 4.69) is 54.6 Å². The topological polar surface area (TPSA) is 9.23 Å². The molecule has 0 aliphatic heterocycles. The van der Waals surface area contributed by atoms with Crippen molar-refractivity contribution in [2.45, 2.75) is 5.92 Å². The molecule has 17 heavy (non-hydrogen) atoms. The molecular weight excluding hydrogens is 208 g/mol. The molecule has 1 aliphatic carbocycles. The lowest BCUT2D eigenvalue weighted by atomic mass is 9.93. The summed E-state index contributed by atoms with van der Waals surface area (Å²) in [5.41, 5.74) is 3.95. The van der Waals surface area contributed by atoms with Crippen molar-refractivity contribution in [3.8, 4) is 5.75 Å². The third-order valence-electron chi connectivity index (χ3n) is 3.26. The zero-order chi connectivity index (χ0) is 11.7. The van der Waals surface area contributed by atoms with Gasteiger partial charge in [-0.2, -0.15) is 0 Å². The summed E-state index contributed by atoms with van der Waals surface area (Å²) in [5.74, 6) is 1.29. The lowest BCUT2D eigenvalue weighted by Crippen LogP contribution is -1.96. The summed E-state index contributed by atoms with van der Waals surface area (Å²) in [4.78, 5) is 0. The minimum absolute atomic E-state index is 0.362. The van der Waals surface area contributed by atoms with Crippen LogP contribution in [0.5, 0.6) is 5.75 Å². The zero-order valence-corrected chi connectivity index (χ0v) is 9.76. The van der Waals surface area contributed by atoms with Gasteiger partial charge in [-0.25, -0.2) is 0 Å². The fourth-order valence-electron chi connectivity index (χ4n) is 2.36. The molecule has 1 heteroatoms. The van der Waals surface area contributed by atoms with Gasteiger partial charge < -0.3 is 4.74 Å². The largest absolute Gasteiger partial charge is 0.497 e. The van der Waals surface area contributed by atoms with Crippen molar-refractivity contribution in [2.24, 2.45) is 0 Å². The molecule has 2 aromatic carbocycles. The molecule has 1 nitrogen and oxygen atoms in total. The Morgan fingerprint density at radius 2 is 1.82 bits per heavy atom. The second-order valence-electron chi connectivity index (χ2n) is 4.24. The first-order chi connectivity index (χ1) is 8.38. The van der Waals surface area contributed by atoms with E-state index in [1.54, 1.807) is 7.11 Å². The molecule has 0 bridgehead atoms. The predicted molar refractivity (Wildman–Crippen MR) is 70.3 cm³/mol. The molecule has 3 rings (SSSR count). The van der Waals surface area contributed by atoms with E-state index in [4.69, 9.17) is 4.74 Å². The summed E-state index contributed by atoms with van der Waals surface area (Å²) in [7, 11) is 1.71. The van der Waals surface area contributed by atoms with Crippen molar-refractivity contribution in [1.29, 1.82) is 0 Å². The van der Waals surface area contributed by atoms with Crippen LogP contribution < -0.4 is 4.74 Å². The summed E-state index contributed by atoms with van der Waals surface area (Å²) in [6.45, 7) is 0. The first-order valence-corrected chi connectivity index (χ1v) is 5.79. The van der Waals surface area contributed by atoms with Crippen molar-refractivity contribution in [2.75, 3.05) is 7.11 Å². The van der Waals surface area contributed by atoms with E-state index in [0.29, 0.717) is 5.92 Å². The first-order valence-electron chi connectivity index (χ1n) is 5.79. The van der Waals surface area contributed by atoms with Crippen LogP contribution in [0.1, 0.15) is 22.6 Å². The smallest absolute Gasteiger partial charge is 0.119 e. The maximum atomic E-state index is 5.30. The molecule has 0 saturated heterocycles. The second kappa shape index (κ2) is 4.10. The van der Waals surface area contributed by atoms with Crippen molar-refractivity contribution < 1.29 is 4.74 Å². The number of hydrogen-bond acceptors (Lipinski definition) is 1. The van der Waals surface area contributed by atoms with Crippen LogP contribution in [0.15, 0.2) is 54.6 Å². The summed E-state index contributed by atoms with van der Waals surface area (Å²) in [6.07, 6.45) is 4.44. The van der Waals surface area contributed by atoms with Crippen LogP contribution in [-0.2, 0) is 0 Å². The predicted octanol–water partition coefficient (Wildman–Crippen LogP) is 3.85. The van der Waals surface area contributed by atoms with Crippen molar-refractivity contribution >= 4 is 6.08 Å². The standard InChI is InChI=1S/C16H14O/c1-17-14-9-7-13-8-10-15(16(13)11-14)12-5-3-2-4-6-12/h2-11,15H,1H3. The summed E-state index contributed by atoms with van der Waals surface area (Å²) in [5, 5.41) is 0. The van der Waals surface area contributed by atoms with Crippen LogP contribution in [0.2, 0.25) is 0 Å². The molecule has 0 fully saturated rings. The third-order valence-corrected chi connectivity index (χ3v) is 3.26. The minimum atomic E-state index is 0.362. The van der Waals surface area contributed by atoms with Crippen LogP contribution in [0.4, 0.5) is 0 Å². The Bertz CT molecular complexity index is 555. The zero-order valence-electron chi connectivity index (χ0n) is 9.76. The fourth-order valence-corrected chi connectivity index (χ4v) is 2.36. The van der Waals surface area contributed by atoms with E-state index in [0.717, 1.165) is 5.75 Å². The Hall–Kier alpha value is -2.02. The fraction of sp³-hybridized carbons (Fsp3) is 0.125. The Balaban J connectivity index is 2.06. The van der Waals surface area contributed by atoms with Gasteiger partial charge in [0.1, 0.15) is 5.75 Å². The van der Waals surface area contributed by atoms with Gasteiger partial charge in [-0.3, -0.25) is 0 Å². The van der Waals surface area contributed by atoms with Gasteiger partial charge >= 0.3 is 0 Å². The molecule has 0 saturated carbocycles. The van der Waals surface area contributed by atoms with Crippen LogP contribution in [0, 0.1) is 0 Å². The molecule has 0 heterocycles. The first kappa shape index (κ1) is 10.2. The van der Waals surface area contributed by atoms with E-state index in [9.17, 15) is 0 Å². The molecule has 1 unspecified atom stereocenters. The molecule has 0 aromatic heterocycles. The van der Waals surface area contributed by atoms with Gasteiger partial charge in [0.2, 0.25) is 0 Å². The molecule has 1 atom stereocenters. The maximum Gasteiger partial charge on any atom is 0.119 e. The molecule has 0 radical (unpaired) electrons. The second-order valence-corrected chi connectivity index (χ2v) is 4.24. The van der Waals surface area contributed by atoms with Gasteiger partial charge in [0, 0.05) is 5.92 Å². The number of methoxy groups -OCH3 is 1. The highest BCUT2D eigenvalue weighted by Gasteiger charge is 2.19. The monoisotopic (exact) mass is 222 g/mol. The van der Waals surface area contributed by atoms with Gasteiger partial charge in [-0.1, -0.05) is 48.6 Å². The van der Waals surface area contributed by atoms with Crippen LogP contribution in [0.25, 0.3) is 6.08 Å². The summed E-state index contributed by atoms with van der Waals surface area (Å²) >= 11 is 0. The lowest BCUT2D eigenvalue weighted by molar-refractivity contribution is 0.414. The van der Waals surface area contributed by atoms with Gasteiger partial charge in [-0.15, -0.1) is 0 Å². The summed E-state index contributed by atoms with van der Waals surface area (Å²) in [6, 6.07) is 16.8. The molecule has 0 amide bonds. The van der Waals surface area contributed by atoms with E-state index in [1.807, 2.05) is 6.07 Å². The summed E-state index contributed by atoms with van der Waals surface area (Å²) < 4.78 is 5.30. The average molecular weight is 222 g/mol. The number of fused-ring (bicyclic) bond motifs is 1. The minimum Gasteiger partial charge on any atom is -0.497 e. The average Bonchev–Trinajstić information content (AvgIpc) is 2.82. The number of allylic oxidation sites excluding steroid dienone is 1. The molecule has 0 N–H and O–H groups in total. The van der Waals surface area contributed by atoms with E-state index in [1.165, 1.54) is 16.7 Å². The lowest BCUT2D eigenvalue weighted by Gasteiger charge is -2.12. The van der Waals surface area contributed by atoms with E-state index < -0.39 is 0 Å². The van der Waals surface area contributed by atoms with Gasteiger partial charge in [0.05, 0.1) is 7.11 Å². The third kappa shape index (κ3) is 1.74. The van der Waals surface area contributed by atoms with Crippen LogP contribution in [-0.4, -0.2) is 7.11 Å². The normalized spacial score (nSPS) is 16.9. The molecule has 1 aliphatic rings. The van der Waals surface area contributed by atoms with Crippen LogP contribution >= 0.6 is 0 Å². The van der Waals surface area contributed by atoms with E-state index in [-0.39, 0.29) is 0 Å². The maximum absolute atomic E-state index is 5.30. The highest BCUT2D eigenvalue weighted by molar-refractivity contribution is 5.66. The van der Waals surface area contributed by atoms with Crippen molar-refractivity contribution in [3.63, 3.8) is 0 Å². The molecular formula is C16H14O. The molecule has 0 spiro atoms. The Labute approximate surface area is 101 Å². The highest BCUT2D eigenvalue weighted by Crippen LogP contribution is 2.37. The number of hydrogen-bond donors (Lipinski definition) is 0. The van der Waals surface area contributed by atoms with Gasteiger partial charge in [-0.05, 0) is 28.8 Å². The highest BCUT2D eigenvalue weighted by atomic mass is 16.5. The Morgan fingerprint density at radius 3 is 2.59 bits per heavy atom.